The summed E-state index contributed by atoms with van der Waals surface area (Å²) in [7, 11) is -3.42. The molecule has 0 spiro atoms. The first-order valence-corrected chi connectivity index (χ1v) is 7.98. The van der Waals surface area contributed by atoms with Gasteiger partial charge < -0.3 is 5.32 Å². The van der Waals surface area contributed by atoms with Crippen LogP contribution in [0.4, 0.5) is 5.69 Å². The van der Waals surface area contributed by atoms with Gasteiger partial charge in [0.15, 0.2) is 0 Å². The average molecular weight is 280 g/mol. The van der Waals surface area contributed by atoms with E-state index in [9.17, 15) is 13.2 Å². The van der Waals surface area contributed by atoms with Crippen LogP contribution < -0.4 is 10.0 Å². The van der Waals surface area contributed by atoms with Crippen molar-refractivity contribution in [2.75, 3.05) is 5.32 Å². The summed E-state index contributed by atoms with van der Waals surface area (Å²) < 4.78 is 26.9. The number of amides is 1. The van der Waals surface area contributed by atoms with Gasteiger partial charge in [-0.15, -0.1) is 0 Å². The molecule has 6 heteroatoms. The largest absolute Gasteiger partial charge is 0.326 e. The fraction of sp³-hybridized carbons (Fsp3) is 0.462. The molecule has 19 heavy (non-hydrogen) atoms. The van der Waals surface area contributed by atoms with Gasteiger partial charge in [0.1, 0.15) is 0 Å². The molecule has 1 aliphatic heterocycles. The maximum Gasteiger partial charge on any atom is 0.240 e. The van der Waals surface area contributed by atoms with Gasteiger partial charge in [0.05, 0.1) is 4.90 Å². The van der Waals surface area contributed by atoms with Gasteiger partial charge in [0.2, 0.25) is 15.9 Å². The summed E-state index contributed by atoms with van der Waals surface area (Å²) >= 11 is 0. The molecular formula is C13H16N2O3S. The first kappa shape index (κ1) is 12.6. The third kappa shape index (κ3) is 2.79. The molecule has 1 aromatic rings. The number of hydrogen-bond acceptors (Lipinski definition) is 3. The number of anilines is 1. The van der Waals surface area contributed by atoms with Crippen LogP contribution in [0.2, 0.25) is 0 Å². The lowest BCUT2D eigenvalue weighted by molar-refractivity contribution is -0.116. The van der Waals surface area contributed by atoms with Crippen molar-refractivity contribution < 1.29 is 13.2 Å². The smallest absolute Gasteiger partial charge is 0.240 e. The lowest BCUT2D eigenvalue weighted by atomic mass is 10.1. The van der Waals surface area contributed by atoms with Crippen LogP contribution in [0.5, 0.6) is 0 Å². The molecule has 1 fully saturated rings. The number of carbonyl (C=O) groups is 1. The minimum atomic E-state index is -3.42. The summed E-state index contributed by atoms with van der Waals surface area (Å²) in [5, 5.41) is 2.80. The van der Waals surface area contributed by atoms with E-state index < -0.39 is 10.0 Å². The number of fused-ring (bicyclic) bond motifs is 1. The molecule has 1 aliphatic carbocycles. The van der Waals surface area contributed by atoms with Crippen molar-refractivity contribution in [3.63, 3.8) is 0 Å². The van der Waals surface area contributed by atoms with E-state index in [0.717, 1.165) is 36.9 Å². The van der Waals surface area contributed by atoms with Crippen LogP contribution in [0.3, 0.4) is 0 Å². The molecule has 102 valence electrons. The first-order valence-electron chi connectivity index (χ1n) is 6.50. The Kier molecular flexibility index (Phi) is 3.06. The Balaban J connectivity index is 1.92. The molecule has 1 amide bonds. The molecular weight excluding hydrogens is 264 g/mol. The van der Waals surface area contributed by atoms with Crippen LogP contribution in [0.1, 0.15) is 31.2 Å². The molecule has 2 aliphatic rings. The van der Waals surface area contributed by atoms with E-state index in [-0.39, 0.29) is 16.8 Å². The third-order valence-corrected chi connectivity index (χ3v) is 4.93. The Morgan fingerprint density at radius 3 is 2.74 bits per heavy atom. The van der Waals surface area contributed by atoms with E-state index in [1.54, 1.807) is 18.2 Å². The van der Waals surface area contributed by atoms with Crippen molar-refractivity contribution in [3.8, 4) is 0 Å². The second kappa shape index (κ2) is 4.61. The quantitative estimate of drug-likeness (QED) is 0.879. The minimum Gasteiger partial charge on any atom is -0.326 e. The Morgan fingerprint density at radius 1 is 1.21 bits per heavy atom. The highest BCUT2D eigenvalue weighted by molar-refractivity contribution is 7.89. The maximum absolute atomic E-state index is 12.1. The SMILES string of the molecule is O=C1CCCc2cc(S(=O)(=O)NC3CC3)ccc2N1. The van der Waals surface area contributed by atoms with Crippen molar-refractivity contribution >= 4 is 21.6 Å². The van der Waals surface area contributed by atoms with Crippen LogP contribution in [0.25, 0.3) is 0 Å². The van der Waals surface area contributed by atoms with Crippen molar-refractivity contribution in [2.45, 2.75) is 43.0 Å². The van der Waals surface area contributed by atoms with Crippen LogP contribution in [-0.2, 0) is 21.2 Å². The van der Waals surface area contributed by atoms with Crippen molar-refractivity contribution in [1.29, 1.82) is 0 Å². The molecule has 0 unspecified atom stereocenters. The summed E-state index contributed by atoms with van der Waals surface area (Å²) in [5.41, 5.74) is 1.62. The number of rotatable bonds is 3. The van der Waals surface area contributed by atoms with Gasteiger partial charge in [-0.1, -0.05) is 0 Å². The Labute approximate surface area is 112 Å². The summed E-state index contributed by atoms with van der Waals surface area (Å²) in [6.07, 6.45) is 3.79. The number of benzene rings is 1. The third-order valence-electron chi connectivity index (χ3n) is 3.41. The van der Waals surface area contributed by atoms with E-state index in [0.29, 0.717) is 6.42 Å². The summed E-state index contributed by atoms with van der Waals surface area (Å²) in [5.74, 6) is -0.00883. The highest BCUT2D eigenvalue weighted by atomic mass is 32.2. The van der Waals surface area contributed by atoms with E-state index >= 15 is 0 Å². The van der Waals surface area contributed by atoms with Crippen LogP contribution in [0, 0.1) is 0 Å². The summed E-state index contributed by atoms with van der Waals surface area (Å²) in [6.45, 7) is 0. The zero-order valence-electron chi connectivity index (χ0n) is 10.5. The lowest BCUT2D eigenvalue weighted by Crippen LogP contribution is -2.25. The molecule has 0 radical (unpaired) electrons. The van der Waals surface area contributed by atoms with E-state index in [4.69, 9.17) is 0 Å². The molecule has 0 aromatic heterocycles. The topological polar surface area (TPSA) is 75.3 Å². The number of hydrogen-bond donors (Lipinski definition) is 2. The second-order valence-corrected chi connectivity index (χ2v) is 6.83. The fourth-order valence-corrected chi connectivity index (χ4v) is 3.56. The lowest BCUT2D eigenvalue weighted by Gasteiger charge is -2.10. The first-order chi connectivity index (χ1) is 9.04. The van der Waals surface area contributed by atoms with Crippen molar-refractivity contribution in [1.82, 2.24) is 4.72 Å². The fourth-order valence-electron chi connectivity index (χ4n) is 2.21. The number of aryl methyl sites for hydroxylation is 1. The van der Waals surface area contributed by atoms with Crippen molar-refractivity contribution in [2.24, 2.45) is 0 Å². The van der Waals surface area contributed by atoms with Crippen LogP contribution in [0.15, 0.2) is 23.1 Å². The molecule has 1 heterocycles. The van der Waals surface area contributed by atoms with Gasteiger partial charge in [0.25, 0.3) is 0 Å². The van der Waals surface area contributed by atoms with E-state index in [1.807, 2.05) is 0 Å². The molecule has 0 bridgehead atoms. The molecule has 1 aromatic carbocycles. The molecule has 0 atom stereocenters. The highest BCUT2D eigenvalue weighted by Crippen LogP contribution is 2.27. The Morgan fingerprint density at radius 2 is 2.00 bits per heavy atom. The van der Waals surface area contributed by atoms with E-state index in [1.165, 1.54) is 0 Å². The number of nitrogens with one attached hydrogen (secondary N) is 2. The molecule has 1 saturated carbocycles. The predicted molar refractivity (Wildman–Crippen MR) is 71.4 cm³/mol. The van der Waals surface area contributed by atoms with Crippen LogP contribution >= 0.6 is 0 Å². The van der Waals surface area contributed by atoms with Crippen molar-refractivity contribution in [3.05, 3.63) is 23.8 Å². The van der Waals surface area contributed by atoms with Gasteiger partial charge in [-0.05, 0) is 49.4 Å². The average Bonchev–Trinajstić information content (AvgIpc) is 3.14. The van der Waals surface area contributed by atoms with Gasteiger partial charge in [0, 0.05) is 18.2 Å². The van der Waals surface area contributed by atoms with Crippen LogP contribution in [-0.4, -0.2) is 20.4 Å². The van der Waals surface area contributed by atoms with Gasteiger partial charge >= 0.3 is 0 Å². The molecule has 5 nitrogen and oxygen atoms in total. The standard InChI is InChI=1S/C13H16N2O3S/c16-13-3-1-2-9-8-11(6-7-12(9)14-13)19(17,18)15-10-4-5-10/h6-8,10,15H,1-5H2,(H,14,16). The normalized spacial score (nSPS) is 19.5. The number of sulfonamides is 1. The Hall–Kier alpha value is -1.40. The van der Waals surface area contributed by atoms with E-state index in [2.05, 4.69) is 10.0 Å². The summed E-state index contributed by atoms with van der Waals surface area (Å²) in [6, 6.07) is 5.00. The second-order valence-electron chi connectivity index (χ2n) is 5.12. The zero-order valence-corrected chi connectivity index (χ0v) is 11.3. The Bertz CT molecular complexity index is 621. The molecule has 2 N–H and O–H groups in total. The van der Waals surface area contributed by atoms with Gasteiger partial charge in [-0.3, -0.25) is 4.79 Å². The zero-order chi connectivity index (χ0) is 13.5. The minimum absolute atomic E-state index is 0.00883. The monoisotopic (exact) mass is 280 g/mol. The molecule has 0 saturated heterocycles. The van der Waals surface area contributed by atoms with Gasteiger partial charge in [-0.25, -0.2) is 13.1 Å². The number of carbonyl (C=O) groups excluding carboxylic acids is 1. The predicted octanol–water partition coefficient (Wildman–Crippen LogP) is 1.40. The maximum atomic E-state index is 12.1. The summed E-state index contributed by atoms with van der Waals surface area (Å²) in [4.78, 5) is 11.7. The highest BCUT2D eigenvalue weighted by Gasteiger charge is 2.28. The van der Waals surface area contributed by atoms with Gasteiger partial charge in [-0.2, -0.15) is 0 Å². The molecule has 3 rings (SSSR count).